The zero-order valence-corrected chi connectivity index (χ0v) is 13.3. The first-order valence-corrected chi connectivity index (χ1v) is 7.55. The third-order valence-electron chi connectivity index (χ3n) is 4.33. The number of hydrogen-bond donors (Lipinski definition) is 1. The largest absolute Gasteiger partial charge is 0.363 e. The Morgan fingerprint density at radius 3 is 2.45 bits per heavy atom. The van der Waals surface area contributed by atoms with E-state index in [9.17, 15) is 4.39 Å². The van der Waals surface area contributed by atoms with Crippen molar-refractivity contribution in [3.8, 4) is 0 Å². The third kappa shape index (κ3) is 3.14. The fourth-order valence-corrected chi connectivity index (χ4v) is 2.91. The summed E-state index contributed by atoms with van der Waals surface area (Å²) in [5.74, 6) is 0.371. The van der Waals surface area contributed by atoms with E-state index in [1.54, 1.807) is 12.1 Å². The molecule has 1 saturated heterocycles. The number of anilines is 1. The van der Waals surface area contributed by atoms with Crippen LogP contribution in [-0.2, 0) is 0 Å². The van der Waals surface area contributed by atoms with E-state index in [1.807, 2.05) is 12.1 Å². The topological polar surface area (TPSA) is 15.3 Å². The van der Waals surface area contributed by atoms with Crippen molar-refractivity contribution in [2.24, 2.45) is 11.3 Å². The van der Waals surface area contributed by atoms with Crippen LogP contribution in [0.25, 0.3) is 0 Å². The quantitative estimate of drug-likeness (QED) is 0.888. The normalized spacial score (nSPS) is 24.2. The van der Waals surface area contributed by atoms with E-state index in [2.05, 4.69) is 44.8 Å². The van der Waals surface area contributed by atoms with Crippen molar-refractivity contribution >= 4 is 5.69 Å². The summed E-state index contributed by atoms with van der Waals surface area (Å²) in [6, 6.07) is 7.84. The molecule has 112 valence electrons. The van der Waals surface area contributed by atoms with Gasteiger partial charge in [-0.15, -0.1) is 0 Å². The maximum atomic E-state index is 14.2. The van der Waals surface area contributed by atoms with Gasteiger partial charge in [-0.05, 0) is 23.5 Å². The van der Waals surface area contributed by atoms with E-state index >= 15 is 0 Å². The first-order chi connectivity index (χ1) is 9.30. The van der Waals surface area contributed by atoms with Crippen molar-refractivity contribution in [1.82, 2.24) is 5.32 Å². The second-order valence-corrected chi connectivity index (χ2v) is 7.24. The zero-order valence-electron chi connectivity index (χ0n) is 13.3. The maximum Gasteiger partial charge on any atom is 0.146 e. The second kappa shape index (κ2) is 5.72. The van der Waals surface area contributed by atoms with Crippen LogP contribution in [0.1, 0.15) is 34.6 Å². The van der Waals surface area contributed by atoms with Gasteiger partial charge in [0.25, 0.3) is 0 Å². The Morgan fingerprint density at radius 2 is 1.90 bits per heavy atom. The van der Waals surface area contributed by atoms with Crippen molar-refractivity contribution in [1.29, 1.82) is 0 Å². The van der Waals surface area contributed by atoms with Crippen molar-refractivity contribution in [3.63, 3.8) is 0 Å². The molecule has 1 fully saturated rings. The maximum absolute atomic E-state index is 14.2. The third-order valence-corrected chi connectivity index (χ3v) is 4.33. The second-order valence-electron chi connectivity index (χ2n) is 7.24. The van der Waals surface area contributed by atoms with Gasteiger partial charge in [-0.2, -0.15) is 0 Å². The molecule has 1 aromatic carbocycles. The summed E-state index contributed by atoms with van der Waals surface area (Å²) in [6.07, 6.45) is 0. The molecule has 1 N–H and O–H groups in total. The number of nitrogens with zero attached hydrogens (tertiary/aromatic N) is 1. The van der Waals surface area contributed by atoms with Crippen LogP contribution in [0, 0.1) is 17.2 Å². The number of para-hydroxylation sites is 1. The average molecular weight is 278 g/mol. The Labute approximate surface area is 122 Å². The first-order valence-electron chi connectivity index (χ1n) is 7.55. The molecule has 0 bridgehead atoms. The number of halogens is 1. The minimum atomic E-state index is -0.118. The monoisotopic (exact) mass is 278 g/mol. The van der Waals surface area contributed by atoms with Crippen LogP contribution < -0.4 is 10.2 Å². The van der Waals surface area contributed by atoms with E-state index in [0.717, 1.165) is 18.8 Å². The van der Waals surface area contributed by atoms with Crippen molar-refractivity contribution in [3.05, 3.63) is 30.1 Å². The van der Waals surface area contributed by atoms with Gasteiger partial charge >= 0.3 is 0 Å². The molecule has 1 aliphatic heterocycles. The van der Waals surface area contributed by atoms with E-state index in [-0.39, 0.29) is 11.2 Å². The Bertz CT molecular complexity index is 451. The van der Waals surface area contributed by atoms with Gasteiger partial charge in [0.15, 0.2) is 0 Å². The van der Waals surface area contributed by atoms with Crippen LogP contribution in [0.4, 0.5) is 10.1 Å². The molecule has 1 aliphatic rings. The molecule has 0 aromatic heterocycles. The summed E-state index contributed by atoms with van der Waals surface area (Å²) in [4.78, 5) is 2.26. The van der Waals surface area contributed by atoms with Gasteiger partial charge in [-0.1, -0.05) is 46.8 Å². The van der Waals surface area contributed by atoms with Crippen molar-refractivity contribution < 1.29 is 4.39 Å². The lowest BCUT2D eigenvalue weighted by Crippen LogP contribution is -2.62. The standard InChI is InChI=1S/C17H27FN2/c1-12(2)15-10-19-16(17(3,4)5)11-20(15)14-9-7-6-8-13(14)18/h6-9,12,15-16,19H,10-11H2,1-5H3. The molecular weight excluding hydrogens is 251 g/mol. The molecule has 0 spiro atoms. The molecule has 0 amide bonds. The summed E-state index contributed by atoms with van der Waals surface area (Å²) >= 11 is 0. The minimum absolute atomic E-state index is 0.118. The molecule has 1 aromatic rings. The zero-order chi connectivity index (χ0) is 14.9. The summed E-state index contributed by atoms with van der Waals surface area (Å²) in [6.45, 7) is 12.9. The lowest BCUT2D eigenvalue weighted by atomic mass is 9.83. The predicted molar refractivity (Wildman–Crippen MR) is 83.6 cm³/mol. The summed E-state index contributed by atoms with van der Waals surface area (Å²) in [5, 5.41) is 3.65. The predicted octanol–water partition coefficient (Wildman–Crippen LogP) is 3.67. The van der Waals surface area contributed by atoms with Gasteiger partial charge in [0.2, 0.25) is 0 Å². The molecule has 0 radical (unpaired) electrons. The van der Waals surface area contributed by atoms with Crippen LogP contribution >= 0.6 is 0 Å². The minimum Gasteiger partial charge on any atom is -0.363 e. The number of hydrogen-bond acceptors (Lipinski definition) is 2. The van der Waals surface area contributed by atoms with Crippen LogP contribution in [0.3, 0.4) is 0 Å². The fourth-order valence-electron chi connectivity index (χ4n) is 2.91. The molecule has 20 heavy (non-hydrogen) atoms. The van der Waals surface area contributed by atoms with E-state index in [0.29, 0.717) is 18.0 Å². The number of nitrogens with one attached hydrogen (secondary N) is 1. The van der Waals surface area contributed by atoms with Gasteiger partial charge in [0.1, 0.15) is 5.82 Å². The number of benzene rings is 1. The number of rotatable bonds is 2. The van der Waals surface area contributed by atoms with Crippen LogP contribution in [0.15, 0.2) is 24.3 Å². The molecule has 3 heteroatoms. The molecule has 0 aliphatic carbocycles. The van der Waals surface area contributed by atoms with Gasteiger partial charge in [0.05, 0.1) is 5.69 Å². The Balaban J connectivity index is 2.31. The Hall–Kier alpha value is -1.09. The Morgan fingerprint density at radius 1 is 1.25 bits per heavy atom. The van der Waals surface area contributed by atoms with Gasteiger partial charge < -0.3 is 10.2 Å². The molecule has 1 heterocycles. The van der Waals surface area contributed by atoms with Crippen LogP contribution in [-0.4, -0.2) is 25.2 Å². The van der Waals surface area contributed by atoms with Gasteiger partial charge in [0, 0.05) is 25.2 Å². The van der Waals surface area contributed by atoms with Crippen molar-refractivity contribution in [2.45, 2.75) is 46.7 Å². The smallest absolute Gasteiger partial charge is 0.146 e. The highest BCUT2D eigenvalue weighted by Gasteiger charge is 2.36. The molecule has 2 unspecified atom stereocenters. The summed E-state index contributed by atoms with van der Waals surface area (Å²) in [7, 11) is 0. The highest BCUT2D eigenvalue weighted by molar-refractivity contribution is 5.49. The molecule has 2 nitrogen and oxygen atoms in total. The molecular formula is C17H27FN2. The van der Waals surface area contributed by atoms with Gasteiger partial charge in [-0.3, -0.25) is 0 Å². The average Bonchev–Trinajstić information content (AvgIpc) is 2.37. The first kappa shape index (κ1) is 15.3. The van der Waals surface area contributed by atoms with Crippen LogP contribution in [0.2, 0.25) is 0 Å². The van der Waals surface area contributed by atoms with Crippen LogP contribution in [0.5, 0.6) is 0 Å². The highest BCUT2D eigenvalue weighted by Crippen LogP contribution is 2.30. The number of piperazine rings is 1. The Kier molecular flexibility index (Phi) is 4.38. The molecule has 2 atom stereocenters. The lowest BCUT2D eigenvalue weighted by Gasteiger charge is -2.47. The summed E-state index contributed by atoms with van der Waals surface area (Å²) < 4.78 is 14.2. The van der Waals surface area contributed by atoms with Gasteiger partial charge in [-0.25, -0.2) is 4.39 Å². The molecule has 2 rings (SSSR count). The highest BCUT2D eigenvalue weighted by atomic mass is 19.1. The fraction of sp³-hybridized carbons (Fsp3) is 0.647. The molecule has 0 saturated carbocycles. The summed E-state index contributed by atoms with van der Waals surface area (Å²) in [5.41, 5.74) is 0.910. The van der Waals surface area contributed by atoms with Crippen molar-refractivity contribution in [2.75, 3.05) is 18.0 Å². The van der Waals surface area contributed by atoms with E-state index < -0.39 is 0 Å². The van der Waals surface area contributed by atoms with E-state index in [1.165, 1.54) is 0 Å². The lowest BCUT2D eigenvalue weighted by molar-refractivity contribution is 0.220. The SMILES string of the molecule is CC(C)C1CNC(C(C)(C)C)CN1c1ccccc1F. The van der Waals surface area contributed by atoms with E-state index in [4.69, 9.17) is 0 Å².